The van der Waals surface area contributed by atoms with Crippen molar-refractivity contribution < 1.29 is 4.21 Å². The third-order valence-electron chi connectivity index (χ3n) is 2.96. The van der Waals surface area contributed by atoms with Crippen LogP contribution in [-0.4, -0.2) is 9.96 Å². The van der Waals surface area contributed by atoms with E-state index in [1.807, 2.05) is 6.07 Å². The van der Waals surface area contributed by atoms with Gasteiger partial charge in [0.05, 0.1) is 10.8 Å². The zero-order valence-electron chi connectivity index (χ0n) is 9.19. The summed E-state index contributed by atoms with van der Waals surface area (Å²) in [6.45, 7) is 4.32. The second-order valence-electron chi connectivity index (χ2n) is 4.40. The van der Waals surface area contributed by atoms with Gasteiger partial charge in [-0.3, -0.25) is 4.21 Å². The summed E-state index contributed by atoms with van der Waals surface area (Å²) in [5, 5.41) is 0. The monoisotopic (exact) mass is 223 g/mol. The van der Waals surface area contributed by atoms with E-state index < -0.39 is 10.8 Å². The van der Waals surface area contributed by atoms with Gasteiger partial charge >= 0.3 is 0 Å². The van der Waals surface area contributed by atoms with Crippen LogP contribution in [0.3, 0.4) is 0 Å². The third kappa shape index (κ3) is 1.99. The van der Waals surface area contributed by atoms with Crippen LogP contribution < -0.4 is 5.73 Å². The molecule has 0 saturated heterocycles. The molecule has 82 valence electrons. The minimum absolute atomic E-state index is 0.0661. The Hall–Kier alpha value is -0.670. The van der Waals surface area contributed by atoms with E-state index in [1.165, 1.54) is 5.56 Å². The lowest BCUT2D eigenvalue weighted by molar-refractivity contribution is 0.635. The van der Waals surface area contributed by atoms with Crippen molar-refractivity contribution >= 4 is 10.8 Å². The summed E-state index contributed by atoms with van der Waals surface area (Å²) in [7, 11) is -0.837. The van der Waals surface area contributed by atoms with E-state index in [9.17, 15) is 4.21 Å². The Labute approximate surface area is 93.3 Å². The van der Waals surface area contributed by atoms with Crippen LogP contribution in [0.1, 0.15) is 43.4 Å². The molecule has 0 aliphatic carbocycles. The standard InChI is InChI=1S/C12H17NOS/c1-8(2)9-3-4-12-10(7-9)11(13)5-6-15(12)14/h3-4,7-8,11H,5-6,13H2,1-2H3. The van der Waals surface area contributed by atoms with Crippen molar-refractivity contribution in [2.45, 2.75) is 37.1 Å². The predicted octanol–water partition coefficient (Wildman–Crippen LogP) is 2.32. The molecule has 0 saturated carbocycles. The van der Waals surface area contributed by atoms with E-state index >= 15 is 0 Å². The number of benzene rings is 1. The molecular formula is C12H17NOS. The normalized spacial score (nSPS) is 25.3. The predicted molar refractivity (Wildman–Crippen MR) is 63.4 cm³/mol. The Kier molecular flexibility index (Phi) is 2.94. The summed E-state index contributed by atoms with van der Waals surface area (Å²) in [5.41, 5.74) is 8.41. The second kappa shape index (κ2) is 4.06. The smallest absolute Gasteiger partial charge is 0.0533 e. The molecule has 1 aliphatic rings. The van der Waals surface area contributed by atoms with Gasteiger partial charge in [0.15, 0.2) is 0 Å². The molecule has 2 atom stereocenters. The molecule has 0 aromatic heterocycles. The van der Waals surface area contributed by atoms with Crippen LogP contribution in [-0.2, 0) is 10.8 Å². The Morgan fingerprint density at radius 1 is 1.47 bits per heavy atom. The first-order valence-corrected chi connectivity index (χ1v) is 6.69. The molecular weight excluding hydrogens is 206 g/mol. The first-order valence-electron chi connectivity index (χ1n) is 5.37. The lowest BCUT2D eigenvalue weighted by Gasteiger charge is -2.23. The summed E-state index contributed by atoms with van der Waals surface area (Å²) in [6, 6.07) is 6.25. The van der Waals surface area contributed by atoms with Crippen LogP contribution in [0.2, 0.25) is 0 Å². The lowest BCUT2D eigenvalue weighted by Crippen LogP contribution is -2.21. The van der Waals surface area contributed by atoms with Crippen LogP contribution in [0.5, 0.6) is 0 Å². The molecule has 2 unspecified atom stereocenters. The fourth-order valence-electron chi connectivity index (χ4n) is 1.92. The highest BCUT2D eigenvalue weighted by atomic mass is 32.2. The molecule has 2 nitrogen and oxygen atoms in total. The van der Waals surface area contributed by atoms with Crippen molar-refractivity contribution in [3.8, 4) is 0 Å². The number of hydrogen-bond donors (Lipinski definition) is 1. The maximum absolute atomic E-state index is 11.8. The largest absolute Gasteiger partial charge is 0.324 e. The second-order valence-corrected chi connectivity index (χ2v) is 5.94. The molecule has 0 fully saturated rings. The van der Waals surface area contributed by atoms with Crippen molar-refractivity contribution in [2.24, 2.45) is 5.73 Å². The van der Waals surface area contributed by atoms with E-state index in [0.29, 0.717) is 11.7 Å². The van der Waals surface area contributed by atoms with Crippen LogP contribution in [0, 0.1) is 0 Å². The van der Waals surface area contributed by atoms with Gasteiger partial charge in [0, 0.05) is 16.7 Å². The fourth-order valence-corrected chi connectivity index (χ4v) is 3.30. The maximum atomic E-state index is 11.8. The highest BCUT2D eigenvalue weighted by molar-refractivity contribution is 7.85. The van der Waals surface area contributed by atoms with E-state index in [2.05, 4.69) is 26.0 Å². The highest BCUT2D eigenvalue weighted by Crippen LogP contribution is 2.30. The molecule has 1 heterocycles. The van der Waals surface area contributed by atoms with Gasteiger partial charge in [-0.25, -0.2) is 0 Å². The van der Waals surface area contributed by atoms with Crippen LogP contribution in [0.25, 0.3) is 0 Å². The average molecular weight is 223 g/mol. The Morgan fingerprint density at radius 3 is 2.87 bits per heavy atom. The number of fused-ring (bicyclic) bond motifs is 1. The summed E-state index contributed by atoms with van der Waals surface area (Å²) in [4.78, 5) is 0.943. The minimum Gasteiger partial charge on any atom is -0.324 e. The van der Waals surface area contributed by atoms with Crippen molar-refractivity contribution in [3.05, 3.63) is 29.3 Å². The lowest BCUT2D eigenvalue weighted by atomic mass is 9.97. The van der Waals surface area contributed by atoms with Crippen LogP contribution in [0.4, 0.5) is 0 Å². The van der Waals surface area contributed by atoms with Gasteiger partial charge < -0.3 is 5.73 Å². The zero-order chi connectivity index (χ0) is 11.0. The molecule has 2 N–H and O–H groups in total. The molecule has 0 radical (unpaired) electrons. The van der Waals surface area contributed by atoms with Gasteiger partial charge in [-0.05, 0) is 29.5 Å². The average Bonchev–Trinajstić information content (AvgIpc) is 2.23. The molecule has 0 spiro atoms. The summed E-state index contributed by atoms with van der Waals surface area (Å²) in [5.74, 6) is 1.20. The number of hydrogen-bond acceptors (Lipinski definition) is 2. The Morgan fingerprint density at radius 2 is 2.20 bits per heavy atom. The first-order chi connectivity index (χ1) is 7.09. The SMILES string of the molecule is CC(C)c1ccc2c(c1)C(N)CCS2=O. The van der Waals surface area contributed by atoms with Crippen molar-refractivity contribution in [1.82, 2.24) is 0 Å². The van der Waals surface area contributed by atoms with Crippen molar-refractivity contribution in [1.29, 1.82) is 0 Å². The maximum Gasteiger partial charge on any atom is 0.0533 e. The van der Waals surface area contributed by atoms with Gasteiger partial charge in [-0.1, -0.05) is 26.0 Å². The van der Waals surface area contributed by atoms with E-state index in [0.717, 1.165) is 16.9 Å². The molecule has 3 heteroatoms. The highest BCUT2D eigenvalue weighted by Gasteiger charge is 2.22. The summed E-state index contributed by atoms with van der Waals surface area (Å²) >= 11 is 0. The summed E-state index contributed by atoms with van der Waals surface area (Å²) in [6.07, 6.45) is 0.834. The molecule has 0 amide bonds. The quantitative estimate of drug-likeness (QED) is 0.794. The molecule has 2 rings (SSSR count). The fraction of sp³-hybridized carbons (Fsp3) is 0.500. The van der Waals surface area contributed by atoms with Gasteiger partial charge in [-0.15, -0.1) is 0 Å². The van der Waals surface area contributed by atoms with E-state index in [-0.39, 0.29) is 6.04 Å². The zero-order valence-corrected chi connectivity index (χ0v) is 10.0. The molecule has 15 heavy (non-hydrogen) atoms. The molecule has 1 aromatic carbocycles. The topological polar surface area (TPSA) is 43.1 Å². The van der Waals surface area contributed by atoms with Gasteiger partial charge in [0.2, 0.25) is 0 Å². The van der Waals surface area contributed by atoms with E-state index in [1.54, 1.807) is 0 Å². The third-order valence-corrected chi connectivity index (χ3v) is 4.43. The van der Waals surface area contributed by atoms with E-state index in [4.69, 9.17) is 5.73 Å². The van der Waals surface area contributed by atoms with Crippen molar-refractivity contribution in [2.75, 3.05) is 5.75 Å². The van der Waals surface area contributed by atoms with Crippen LogP contribution >= 0.6 is 0 Å². The number of rotatable bonds is 1. The number of nitrogens with two attached hydrogens (primary N) is 1. The Balaban J connectivity index is 2.50. The Bertz CT molecular complexity index is 401. The minimum atomic E-state index is -0.837. The first kappa shape index (κ1) is 10.8. The summed E-state index contributed by atoms with van der Waals surface area (Å²) < 4.78 is 11.8. The molecule has 0 bridgehead atoms. The van der Waals surface area contributed by atoms with Gasteiger partial charge in [0.1, 0.15) is 0 Å². The van der Waals surface area contributed by atoms with Gasteiger partial charge in [-0.2, -0.15) is 0 Å². The molecule has 1 aliphatic heterocycles. The van der Waals surface area contributed by atoms with Crippen LogP contribution in [0.15, 0.2) is 23.1 Å². The van der Waals surface area contributed by atoms with Crippen molar-refractivity contribution in [3.63, 3.8) is 0 Å². The molecule has 1 aromatic rings. The van der Waals surface area contributed by atoms with Gasteiger partial charge in [0.25, 0.3) is 0 Å².